The van der Waals surface area contributed by atoms with Crippen molar-refractivity contribution in [3.05, 3.63) is 5.01 Å². The number of hydrogen-bond acceptors (Lipinski definition) is 5. The maximum Gasteiger partial charge on any atom is 0.294 e. The smallest absolute Gasteiger partial charge is 0.294 e. The van der Waals surface area contributed by atoms with Crippen LogP contribution in [-0.4, -0.2) is 16.3 Å². The van der Waals surface area contributed by atoms with Gasteiger partial charge in [0, 0.05) is 6.54 Å². The zero-order valence-electron chi connectivity index (χ0n) is 8.82. The van der Waals surface area contributed by atoms with Crippen molar-refractivity contribution in [2.45, 2.75) is 51.2 Å². The van der Waals surface area contributed by atoms with E-state index in [2.05, 4.69) is 10.2 Å². The lowest BCUT2D eigenvalue weighted by Crippen LogP contribution is -2.14. The van der Waals surface area contributed by atoms with Crippen molar-refractivity contribution < 1.29 is 4.74 Å². The van der Waals surface area contributed by atoms with Crippen LogP contribution in [-0.2, 0) is 6.54 Å². The van der Waals surface area contributed by atoms with Crippen LogP contribution in [0.25, 0.3) is 0 Å². The van der Waals surface area contributed by atoms with Crippen LogP contribution in [0.5, 0.6) is 5.19 Å². The highest BCUT2D eigenvalue weighted by Crippen LogP contribution is 2.24. The van der Waals surface area contributed by atoms with Crippen molar-refractivity contribution in [1.82, 2.24) is 10.2 Å². The predicted octanol–water partition coefficient (Wildman–Crippen LogP) is 2.10. The van der Waals surface area contributed by atoms with Gasteiger partial charge < -0.3 is 10.5 Å². The van der Waals surface area contributed by atoms with E-state index in [0.29, 0.717) is 17.8 Å². The highest BCUT2D eigenvalue weighted by Gasteiger charge is 2.15. The summed E-state index contributed by atoms with van der Waals surface area (Å²) in [5, 5.41) is 9.45. The second kappa shape index (κ2) is 5.42. The molecule has 5 heteroatoms. The average molecular weight is 227 g/mol. The Labute approximate surface area is 93.8 Å². The minimum absolute atomic E-state index is 0.339. The Morgan fingerprint density at radius 2 is 1.93 bits per heavy atom. The molecule has 1 aliphatic rings. The molecule has 4 nitrogen and oxygen atoms in total. The summed E-state index contributed by atoms with van der Waals surface area (Å²) in [6, 6.07) is 0. The summed E-state index contributed by atoms with van der Waals surface area (Å²) in [4.78, 5) is 0. The number of hydrogen-bond donors (Lipinski definition) is 1. The van der Waals surface area contributed by atoms with Crippen LogP contribution in [0.15, 0.2) is 0 Å². The molecule has 0 unspecified atom stereocenters. The number of aromatic nitrogens is 2. The summed E-state index contributed by atoms with van der Waals surface area (Å²) in [6.07, 6.45) is 7.86. The number of nitrogens with zero attached hydrogens (tertiary/aromatic N) is 2. The SMILES string of the molecule is NCc1nnc(OC2CCCCCC2)s1. The van der Waals surface area contributed by atoms with Gasteiger partial charge >= 0.3 is 0 Å². The monoisotopic (exact) mass is 227 g/mol. The maximum atomic E-state index is 5.81. The van der Waals surface area contributed by atoms with Crippen molar-refractivity contribution in [1.29, 1.82) is 0 Å². The van der Waals surface area contributed by atoms with Crippen molar-refractivity contribution >= 4 is 11.3 Å². The molecule has 1 heterocycles. The van der Waals surface area contributed by atoms with Gasteiger partial charge in [-0.3, -0.25) is 0 Å². The van der Waals surface area contributed by atoms with Crippen LogP contribution in [0.1, 0.15) is 43.5 Å². The molecule has 84 valence electrons. The molecule has 0 spiro atoms. The lowest BCUT2D eigenvalue weighted by molar-refractivity contribution is 0.181. The third-order valence-electron chi connectivity index (χ3n) is 2.69. The number of ether oxygens (including phenoxy) is 1. The van der Waals surface area contributed by atoms with Gasteiger partial charge in [-0.2, -0.15) is 0 Å². The van der Waals surface area contributed by atoms with Gasteiger partial charge in [-0.25, -0.2) is 0 Å². The first-order valence-electron chi connectivity index (χ1n) is 5.57. The Hall–Kier alpha value is -0.680. The Kier molecular flexibility index (Phi) is 3.91. The Morgan fingerprint density at radius 3 is 2.53 bits per heavy atom. The fraction of sp³-hybridized carbons (Fsp3) is 0.800. The highest BCUT2D eigenvalue weighted by atomic mass is 32.1. The molecule has 15 heavy (non-hydrogen) atoms. The molecule has 2 N–H and O–H groups in total. The van der Waals surface area contributed by atoms with Crippen LogP contribution in [0.3, 0.4) is 0 Å². The van der Waals surface area contributed by atoms with Gasteiger partial charge in [0.2, 0.25) is 0 Å². The molecule has 1 aliphatic carbocycles. The van der Waals surface area contributed by atoms with E-state index in [9.17, 15) is 0 Å². The molecule has 2 rings (SSSR count). The summed E-state index contributed by atoms with van der Waals surface area (Å²) in [5.74, 6) is 0. The highest BCUT2D eigenvalue weighted by molar-refractivity contribution is 7.13. The summed E-state index contributed by atoms with van der Waals surface area (Å²) in [5.41, 5.74) is 5.47. The van der Waals surface area contributed by atoms with Crippen LogP contribution in [0.4, 0.5) is 0 Å². The largest absolute Gasteiger partial charge is 0.466 e. The van der Waals surface area contributed by atoms with E-state index in [0.717, 1.165) is 17.8 Å². The topological polar surface area (TPSA) is 61.0 Å². The molecule has 1 fully saturated rings. The van der Waals surface area contributed by atoms with Crippen molar-refractivity contribution in [2.75, 3.05) is 0 Å². The molecular weight excluding hydrogens is 210 g/mol. The normalized spacial score (nSPS) is 18.7. The van der Waals surface area contributed by atoms with E-state index >= 15 is 0 Å². The van der Waals surface area contributed by atoms with E-state index in [4.69, 9.17) is 10.5 Å². The standard InChI is InChI=1S/C10H17N3OS/c11-7-9-12-13-10(15-9)14-8-5-3-1-2-4-6-8/h8H,1-7,11H2. The first-order chi connectivity index (χ1) is 7.38. The molecule has 1 saturated carbocycles. The van der Waals surface area contributed by atoms with E-state index in [1.807, 2.05) is 0 Å². The Morgan fingerprint density at radius 1 is 1.20 bits per heavy atom. The zero-order chi connectivity index (χ0) is 10.5. The Balaban J connectivity index is 1.89. The van der Waals surface area contributed by atoms with Crippen LogP contribution in [0, 0.1) is 0 Å². The molecule has 0 atom stereocenters. The third kappa shape index (κ3) is 3.14. The maximum absolute atomic E-state index is 5.81. The molecule has 0 aromatic carbocycles. The van der Waals surface area contributed by atoms with Gasteiger partial charge in [-0.05, 0) is 25.7 Å². The summed E-state index contributed by atoms with van der Waals surface area (Å²) < 4.78 is 5.81. The second-order valence-corrected chi connectivity index (χ2v) is 4.92. The van der Waals surface area contributed by atoms with E-state index < -0.39 is 0 Å². The van der Waals surface area contributed by atoms with Gasteiger partial charge in [0.15, 0.2) is 0 Å². The summed E-state index contributed by atoms with van der Waals surface area (Å²) >= 11 is 1.46. The van der Waals surface area contributed by atoms with Crippen LogP contribution in [0.2, 0.25) is 0 Å². The minimum atomic E-state index is 0.339. The third-order valence-corrected chi connectivity index (χ3v) is 3.53. The molecule has 0 aliphatic heterocycles. The fourth-order valence-electron chi connectivity index (χ4n) is 1.87. The minimum Gasteiger partial charge on any atom is -0.466 e. The van der Waals surface area contributed by atoms with Crippen molar-refractivity contribution in [3.8, 4) is 5.19 Å². The molecule has 1 aromatic heterocycles. The molecule has 0 radical (unpaired) electrons. The van der Waals surface area contributed by atoms with Gasteiger partial charge in [0.25, 0.3) is 5.19 Å². The van der Waals surface area contributed by atoms with Gasteiger partial charge in [0.05, 0.1) is 0 Å². The second-order valence-electron chi connectivity index (χ2n) is 3.90. The fourth-order valence-corrected chi connectivity index (χ4v) is 2.50. The first-order valence-corrected chi connectivity index (χ1v) is 6.39. The lowest BCUT2D eigenvalue weighted by atomic mass is 10.2. The molecular formula is C10H17N3OS. The quantitative estimate of drug-likeness (QED) is 0.803. The number of rotatable bonds is 3. The van der Waals surface area contributed by atoms with Gasteiger partial charge in [-0.15, -0.1) is 5.10 Å². The van der Waals surface area contributed by atoms with Gasteiger partial charge in [0.1, 0.15) is 11.1 Å². The first kappa shape index (κ1) is 10.8. The number of nitrogens with two attached hydrogens (primary N) is 1. The van der Waals surface area contributed by atoms with Crippen LogP contribution >= 0.6 is 11.3 Å². The average Bonchev–Trinajstić information content (AvgIpc) is 2.54. The molecule has 0 bridgehead atoms. The lowest BCUT2D eigenvalue weighted by Gasteiger charge is -2.13. The molecule has 0 saturated heterocycles. The van der Waals surface area contributed by atoms with Crippen LogP contribution < -0.4 is 10.5 Å². The van der Waals surface area contributed by atoms with Crippen molar-refractivity contribution in [3.63, 3.8) is 0 Å². The summed E-state index contributed by atoms with van der Waals surface area (Å²) in [6.45, 7) is 0.450. The zero-order valence-corrected chi connectivity index (χ0v) is 9.63. The molecule has 1 aromatic rings. The van der Waals surface area contributed by atoms with E-state index in [1.165, 1.54) is 37.0 Å². The van der Waals surface area contributed by atoms with Crippen molar-refractivity contribution in [2.24, 2.45) is 5.73 Å². The molecule has 0 amide bonds. The summed E-state index contributed by atoms with van der Waals surface area (Å²) in [7, 11) is 0. The van der Waals surface area contributed by atoms with E-state index in [-0.39, 0.29) is 0 Å². The predicted molar refractivity (Wildman–Crippen MR) is 59.9 cm³/mol. The van der Waals surface area contributed by atoms with Gasteiger partial charge in [-0.1, -0.05) is 29.3 Å². The Bertz CT molecular complexity index is 295. The van der Waals surface area contributed by atoms with E-state index in [1.54, 1.807) is 0 Å².